The summed E-state index contributed by atoms with van der Waals surface area (Å²) in [7, 11) is -3.34. The molecule has 0 radical (unpaired) electrons. The second-order valence-electron chi connectivity index (χ2n) is 5.64. The van der Waals surface area contributed by atoms with Crippen LogP contribution in [0.1, 0.15) is 26.7 Å². The van der Waals surface area contributed by atoms with Crippen molar-refractivity contribution >= 4 is 44.1 Å². The molecule has 8 heteroatoms. The molecule has 1 rings (SSSR count). The summed E-state index contributed by atoms with van der Waals surface area (Å²) in [6.07, 6.45) is 0.459. The summed E-state index contributed by atoms with van der Waals surface area (Å²) in [5, 5.41) is 2.69. The summed E-state index contributed by atoms with van der Waals surface area (Å²) < 4.78 is 25.0. The van der Waals surface area contributed by atoms with Gasteiger partial charge in [0.2, 0.25) is 5.91 Å². The van der Waals surface area contributed by atoms with Gasteiger partial charge in [-0.2, -0.15) is 0 Å². The molecule has 0 bridgehead atoms. The number of nitrogens with two attached hydrogens (primary N) is 1. The van der Waals surface area contributed by atoms with Crippen molar-refractivity contribution in [1.29, 1.82) is 0 Å². The Labute approximate surface area is 146 Å². The van der Waals surface area contributed by atoms with Crippen LogP contribution in [0.5, 0.6) is 0 Å². The summed E-state index contributed by atoms with van der Waals surface area (Å²) in [6.45, 7) is 3.99. The highest BCUT2D eigenvalue weighted by atomic mass is 79.9. The maximum atomic E-state index is 12.1. The van der Waals surface area contributed by atoms with Gasteiger partial charge in [0.25, 0.3) is 0 Å². The summed E-state index contributed by atoms with van der Waals surface area (Å²) in [4.78, 5) is 11.9. The molecule has 0 heterocycles. The monoisotopic (exact) mass is 412 g/mol. The number of amides is 1. The molecule has 0 unspecified atom stereocenters. The Morgan fingerprint density at radius 3 is 2.32 bits per heavy atom. The van der Waals surface area contributed by atoms with E-state index >= 15 is 0 Å². The second-order valence-corrected chi connectivity index (χ2v) is 8.67. The van der Waals surface area contributed by atoms with Gasteiger partial charge in [-0.15, -0.1) is 12.4 Å². The lowest BCUT2D eigenvalue weighted by atomic mass is 10.1. The molecule has 126 valence electrons. The molecule has 0 atom stereocenters. The highest BCUT2D eigenvalue weighted by Crippen LogP contribution is 2.16. The average Bonchev–Trinajstić information content (AvgIpc) is 2.36. The van der Waals surface area contributed by atoms with Crippen LogP contribution in [0.4, 0.5) is 0 Å². The minimum atomic E-state index is -3.34. The molecule has 0 spiro atoms. The van der Waals surface area contributed by atoms with Crippen LogP contribution in [0, 0.1) is 0 Å². The Morgan fingerprint density at radius 1 is 1.27 bits per heavy atom. The summed E-state index contributed by atoms with van der Waals surface area (Å²) in [5.74, 6) is -0.229. The zero-order valence-corrected chi connectivity index (χ0v) is 15.9. The van der Waals surface area contributed by atoms with Crippen LogP contribution in [-0.4, -0.2) is 32.2 Å². The first-order chi connectivity index (χ1) is 9.60. The summed E-state index contributed by atoms with van der Waals surface area (Å²) in [5.41, 5.74) is 5.28. The number of benzene rings is 1. The third kappa shape index (κ3) is 8.12. The van der Waals surface area contributed by atoms with E-state index in [0.29, 0.717) is 6.54 Å². The van der Waals surface area contributed by atoms with Crippen molar-refractivity contribution in [2.24, 2.45) is 5.73 Å². The topological polar surface area (TPSA) is 89.3 Å². The number of halogens is 2. The number of nitrogens with one attached hydrogen (secondary N) is 1. The van der Waals surface area contributed by atoms with E-state index in [-0.39, 0.29) is 41.8 Å². The maximum absolute atomic E-state index is 12.1. The van der Waals surface area contributed by atoms with E-state index in [0.717, 1.165) is 4.47 Å². The zero-order valence-electron chi connectivity index (χ0n) is 12.6. The van der Waals surface area contributed by atoms with E-state index in [1.165, 1.54) is 0 Å². The fourth-order valence-electron chi connectivity index (χ4n) is 1.60. The lowest BCUT2D eigenvalue weighted by Gasteiger charge is -2.18. The molecule has 22 heavy (non-hydrogen) atoms. The molecule has 0 saturated heterocycles. The lowest BCUT2D eigenvalue weighted by molar-refractivity contribution is -0.121. The van der Waals surface area contributed by atoms with Crippen molar-refractivity contribution in [3.63, 3.8) is 0 Å². The van der Waals surface area contributed by atoms with Crippen molar-refractivity contribution < 1.29 is 13.2 Å². The normalized spacial score (nSPS) is 11.6. The Hall–Kier alpha value is -0.630. The third-order valence-corrected chi connectivity index (χ3v) is 5.08. The minimum Gasteiger partial charge on any atom is -0.354 e. The van der Waals surface area contributed by atoms with Crippen LogP contribution >= 0.6 is 28.3 Å². The Bertz CT molecular complexity index is 583. The van der Waals surface area contributed by atoms with Crippen molar-refractivity contribution in [1.82, 2.24) is 5.32 Å². The molecular formula is C14H22BrClN2O3S. The molecule has 0 aliphatic rings. The first-order valence-electron chi connectivity index (χ1n) is 6.64. The number of carbonyl (C=O) groups excluding carboxylic acids is 1. The number of hydrogen-bond acceptors (Lipinski definition) is 4. The summed E-state index contributed by atoms with van der Waals surface area (Å²) in [6, 6.07) is 6.47. The highest BCUT2D eigenvalue weighted by molar-refractivity contribution is 9.10. The fourth-order valence-corrected chi connectivity index (χ4v) is 3.17. The number of carbonyl (C=O) groups is 1. The van der Waals surface area contributed by atoms with Gasteiger partial charge in [0.15, 0.2) is 9.84 Å². The van der Waals surface area contributed by atoms with Gasteiger partial charge in [-0.25, -0.2) is 8.42 Å². The Morgan fingerprint density at radius 2 is 1.82 bits per heavy atom. The highest BCUT2D eigenvalue weighted by Gasteiger charge is 2.16. The van der Waals surface area contributed by atoms with E-state index < -0.39 is 15.4 Å². The number of hydrogen-bond donors (Lipinski definition) is 2. The molecule has 0 aromatic heterocycles. The largest absolute Gasteiger partial charge is 0.354 e. The van der Waals surface area contributed by atoms with Gasteiger partial charge >= 0.3 is 0 Å². The van der Waals surface area contributed by atoms with Gasteiger partial charge in [0.05, 0.1) is 10.6 Å². The smallest absolute Gasteiger partial charge is 0.220 e. The standard InChI is InChI=1S/C14H21BrN2O3S.ClH/c1-14(2,16)10-17-13(18)4-3-9-21(19,20)12-7-5-11(15)6-8-12;/h5-8H,3-4,9-10,16H2,1-2H3,(H,17,18);1H. The predicted molar refractivity (Wildman–Crippen MR) is 94.0 cm³/mol. The Balaban J connectivity index is 0.00000441. The van der Waals surface area contributed by atoms with Gasteiger partial charge in [0, 0.05) is 23.0 Å². The van der Waals surface area contributed by atoms with Crippen molar-refractivity contribution in [2.75, 3.05) is 12.3 Å². The van der Waals surface area contributed by atoms with E-state index in [2.05, 4.69) is 21.2 Å². The molecule has 0 saturated carbocycles. The Kier molecular flexibility index (Phi) is 8.61. The van der Waals surface area contributed by atoms with Crippen molar-refractivity contribution in [2.45, 2.75) is 37.1 Å². The van der Waals surface area contributed by atoms with Crippen molar-refractivity contribution in [3.05, 3.63) is 28.7 Å². The van der Waals surface area contributed by atoms with Crippen LogP contribution in [0.2, 0.25) is 0 Å². The quantitative estimate of drug-likeness (QED) is 0.717. The van der Waals surface area contributed by atoms with Gasteiger partial charge < -0.3 is 11.1 Å². The predicted octanol–water partition coefficient (Wildman–Crippen LogP) is 2.28. The zero-order chi connectivity index (χ0) is 16.1. The summed E-state index contributed by atoms with van der Waals surface area (Å²) >= 11 is 3.26. The van der Waals surface area contributed by atoms with E-state index in [4.69, 9.17) is 5.73 Å². The van der Waals surface area contributed by atoms with Crippen LogP contribution in [0.3, 0.4) is 0 Å². The fraction of sp³-hybridized carbons (Fsp3) is 0.500. The maximum Gasteiger partial charge on any atom is 0.220 e. The molecule has 1 amide bonds. The van der Waals surface area contributed by atoms with Crippen LogP contribution in [-0.2, 0) is 14.6 Å². The van der Waals surface area contributed by atoms with E-state index in [1.807, 2.05) is 13.8 Å². The second kappa shape index (κ2) is 8.86. The lowest BCUT2D eigenvalue weighted by Crippen LogP contribution is -2.45. The minimum absolute atomic E-state index is 0. The molecule has 1 aromatic carbocycles. The van der Waals surface area contributed by atoms with Gasteiger partial charge in [0.1, 0.15) is 0 Å². The van der Waals surface area contributed by atoms with Crippen molar-refractivity contribution in [3.8, 4) is 0 Å². The molecule has 0 fully saturated rings. The molecule has 0 aliphatic heterocycles. The molecular weight excluding hydrogens is 392 g/mol. The third-order valence-electron chi connectivity index (χ3n) is 2.73. The van der Waals surface area contributed by atoms with Crippen LogP contribution in [0.15, 0.2) is 33.6 Å². The molecule has 5 nitrogen and oxygen atoms in total. The SMILES string of the molecule is CC(C)(N)CNC(=O)CCCS(=O)(=O)c1ccc(Br)cc1.Cl. The van der Waals surface area contributed by atoms with Gasteiger partial charge in [-0.05, 0) is 44.5 Å². The number of rotatable bonds is 7. The molecule has 3 N–H and O–H groups in total. The van der Waals surface area contributed by atoms with E-state index in [9.17, 15) is 13.2 Å². The molecule has 0 aliphatic carbocycles. The van der Waals surface area contributed by atoms with Crippen LogP contribution < -0.4 is 11.1 Å². The molecule has 1 aromatic rings. The first-order valence-corrected chi connectivity index (χ1v) is 9.09. The van der Waals surface area contributed by atoms with Gasteiger partial charge in [-0.1, -0.05) is 15.9 Å². The van der Waals surface area contributed by atoms with E-state index in [1.54, 1.807) is 24.3 Å². The van der Waals surface area contributed by atoms with Gasteiger partial charge in [-0.3, -0.25) is 4.79 Å². The average molecular weight is 414 g/mol. The number of sulfone groups is 1. The first kappa shape index (κ1) is 21.4. The van der Waals surface area contributed by atoms with Crippen LogP contribution in [0.25, 0.3) is 0 Å².